The summed E-state index contributed by atoms with van der Waals surface area (Å²) in [7, 11) is 0. The summed E-state index contributed by atoms with van der Waals surface area (Å²) in [6.45, 7) is 12.3. The van der Waals surface area contributed by atoms with E-state index in [1.165, 1.54) is 22.2 Å². The van der Waals surface area contributed by atoms with Crippen LogP contribution in [0, 0.1) is 0 Å². The van der Waals surface area contributed by atoms with Gasteiger partial charge in [-0.2, -0.15) is 0 Å². The number of imidazole rings is 1. The Labute approximate surface area is 135 Å². The van der Waals surface area contributed by atoms with Crippen LogP contribution >= 0.6 is 0 Å². The lowest BCUT2D eigenvalue weighted by atomic mass is 10.1. The second kappa shape index (κ2) is 12.7. The van der Waals surface area contributed by atoms with Crippen molar-refractivity contribution in [1.29, 1.82) is 0 Å². The second-order valence-electron chi connectivity index (χ2n) is 4.14. The van der Waals surface area contributed by atoms with Gasteiger partial charge in [-0.05, 0) is 24.5 Å². The van der Waals surface area contributed by atoms with Crippen molar-refractivity contribution in [2.45, 2.75) is 54.4 Å². The molecule has 122 valence electrons. The Kier molecular flexibility index (Phi) is 11.5. The van der Waals surface area contributed by atoms with Gasteiger partial charge in [-0.1, -0.05) is 59.7 Å². The molecule has 3 rings (SSSR count). The highest BCUT2D eigenvalue weighted by molar-refractivity contribution is 5.82. The Morgan fingerprint density at radius 1 is 0.909 bits per heavy atom. The predicted molar refractivity (Wildman–Crippen MR) is 98.3 cm³/mol. The fraction of sp³-hybridized carbons (Fsp3) is 0.421. The summed E-state index contributed by atoms with van der Waals surface area (Å²) < 4.78 is 0. The first-order chi connectivity index (χ1) is 10.8. The van der Waals surface area contributed by atoms with Crippen LogP contribution in [0.15, 0.2) is 43.0 Å². The van der Waals surface area contributed by atoms with Crippen molar-refractivity contribution in [2.75, 3.05) is 0 Å². The van der Waals surface area contributed by atoms with E-state index in [1.807, 2.05) is 33.9 Å². The van der Waals surface area contributed by atoms with Gasteiger partial charge in [0.2, 0.25) is 0 Å². The topological polar surface area (TPSA) is 44.5 Å². The molecule has 0 radical (unpaired) electrons. The Balaban J connectivity index is 0.000000348. The van der Waals surface area contributed by atoms with Gasteiger partial charge < -0.3 is 9.97 Å². The number of aromatic amines is 2. The van der Waals surface area contributed by atoms with Gasteiger partial charge in [-0.25, -0.2) is 4.98 Å². The lowest BCUT2D eigenvalue weighted by molar-refractivity contribution is 1.06. The van der Waals surface area contributed by atoms with Gasteiger partial charge in [0.15, 0.2) is 0 Å². The molecule has 0 aliphatic carbocycles. The zero-order valence-electron chi connectivity index (χ0n) is 14.9. The third-order valence-electron chi connectivity index (χ3n) is 2.99. The highest BCUT2D eigenvalue weighted by Gasteiger charge is 1.97. The lowest BCUT2D eigenvalue weighted by Crippen LogP contribution is -1.73. The number of nitrogens with zero attached hydrogens (tertiary/aromatic N) is 1. The van der Waals surface area contributed by atoms with Crippen molar-refractivity contribution in [2.24, 2.45) is 0 Å². The molecule has 3 aromatic rings. The molecule has 0 fully saturated rings. The largest absolute Gasteiger partial charge is 0.361 e. The summed E-state index contributed by atoms with van der Waals surface area (Å²) in [6.07, 6.45) is 7.76. The van der Waals surface area contributed by atoms with Gasteiger partial charge >= 0.3 is 0 Å². The molecule has 0 bridgehead atoms. The summed E-state index contributed by atoms with van der Waals surface area (Å²) in [6, 6.07) is 8.40. The summed E-state index contributed by atoms with van der Waals surface area (Å²) >= 11 is 0. The van der Waals surface area contributed by atoms with Crippen LogP contribution in [-0.2, 0) is 12.8 Å². The molecule has 0 aliphatic rings. The van der Waals surface area contributed by atoms with Gasteiger partial charge in [0.25, 0.3) is 0 Å². The molecule has 0 saturated carbocycles. The van der Waals surface area contributed by atoms with Crippen LogP contribution in [0.1, 0.15) is 52.8 Å². The molecule has 2 aromatic heterocycles. The molecule has 0 amide bonds. The number of benzene rings is 1. The van der Waals surface area contributed by atoms with E-state index >= 15 is 0 Å². The average molecular weight is 301 g/mol. The van der Waals surface area contributed by atoms with E-state index in [-0.39, 0.29) is 0 Å². The maximum absolute atomic E-state index is 3.84. The molecule has 0 unspecified atom stereocenters. The van der Waals surface area contributed by atoms with Gasteiger partial charge in [-0.15, -0.1) is 0 Å². The van der Waals surface area contributed by atoms with Crippen molar-refractivity contribution in [3.05, 3.63) is 54.2 Å². The van der Waals surface area contributed by atoms with Crippen LogP contribution in [0.3, 0.4) is 0 Å². The summed E-state index contributed by atoms with van der Waals surface area (Å²) in [5.74, 6) is 0. The van der Waals surface area contributed by atoms with Crippen molar-refractivity contribution >= 4 is 10.9 Å². The van der Waals surface area contributed by atoms with Crippen LogP contribution in [0.4, 0.5) is 0 Å². The molecular formula is C19H31N3. The van der Waals surface area contributed by atoms with Crippen molar-refractivity contribution in [1.82, 2.24) is 15.0 Å². The summed E-state index contributed by atoms with van der Waals surface area (Å²) in [5.41, 5.74) is 3.84. The zero-order chi connectivity index (χ0) is 16.8. The highest BCUT2D eigenvalue weighted by atomic mass is 14.8. The first kappa shape index (κ1) is 20.0. The summed E-state index contributed by atoms with van der Waals surface area (Å²) in [5, 5.41) is 1.36. The number of rotatable bonds is 2. The lowest BCUT2D eigenvalue weighted by Gasteiger charge is -1.90. The monoisotopic (exact) mass is 301 g/mol. The normalized spacial score (nSPS) is 8.82. The molecule has 22 heavy (non-hydrogen) atoms. The van der Waals surface area contributed by atoms with E-state index in [0.29, 0.717) is 0 Å². The molecule has 0 spiro atoms. The minimum atomic E-state index is 1.04. The molecular weight excluding hydrogens is 270 g/mol. The standard InChI is InChI=1S/C10H11N.C5H8N2.2C2H6/c1-2-8-7-11-10-6-4-3-5-9(8)10;1-2-5-3-6-4-7-5;2*1-2/h3-7,11H,2H2,1H3;3-4H,2H2,1H3,(H,6,7);2*1-2H3. The highest BCUT2D eigenvalue weighted by Crippen LogP contribution is 2.17. The number of hydrogen-bond acceptors (Lipinski definition) is 1. The Morgan fingerprint density at radius 3 is 2.09 bits per heavy atom. The Morgan fingerprint density at radius 2 is 1.59 bits per heavy atom. The maximum Gasteiger partial charge on any atom is 0.0921 e. The molecule has 0 atom stereocenters. The third kappa shape index (κ3) is 6.17. The molecule has 3 nitrogen and oxygen atoms in total. The predicted octanol–water partition coefficient (Wildman–Crippen LogP) is 5.75. The third-order valence-corrected chi connectivity index (χ3v) is 2.99. The average Bonchev–Trinajstić information content (AvgIpc) is 3.28. The van der Waals surface area contributed by atoms with Crippen LogP contribution < -0.4 is 0 Å². The van der Waals surface area contributed by atoms with Crippen molar-refractivity contribution in [3.8, 4) is 0 Å². The Bertz CT molecular complexity index is 580. The molecule has 2 heterocycles. The molecule has 1 aromatic carbocycles. The van der Waals surface area contributed by atoms with Gasteiger partial charge in [0.1, 0.15) is 0 Å². The molecule has 0 aliphatic heterocycles. The van der Waals surface area contributed by atoms with E-state index in [1.54, 1.807) is 6.33 Å². The zero-order valence-corrected chi connectivity index (χ0v) is 14.9. The minimum Gasteiger partial charge on any atom is -0.361 e. The first-order valence-electron chi connectivity index (χ1n) is 8.37. The SMILES string of the molecule is CC.CC.CCc1c[nH]c2ccccc12.CCc1cnc[nH]1. The van der Waals surface area contributed by atoms with Crippen molar-refractivity contribution in [3.63, 3.8) is 0 Å². The van der Waals surface area contributed by atoms with E-state index in [9.17, 15) is 0 Å². The van der Waals surface area contributed by atoms with E-state index in [0.717, 1.165) is 12.8 Å². The Hall–Kier alpha value is -2.03. The maximum atomic E-state index is 3.84. The summed E-state index contributed by atoms with van der Waals surface area (Å²) in [4.78, 5) is 10.1. The first-order valence-corrected chi connectivity index (χ1v) is 8.37. The van der Waals surface area contributed by atoms with E-state index < -0.39 is 0 Å². The molecule has 3 heteroatoms. The number of hydrogen-bond donors (Lipinski definition) is 2. The van der Waals surface area contributed by atoms with Crippen LogP contribution in [-0.4, -0.2) is 15.0 Å². The molecule has 2 N–H and O–H groups in total. The van der Waals surface area contributed by atoms with Crippen molar-refractivity contribution < 1.29 is 0 Å². The van der Waals surface area contributed by atoms with Crippen LogP contribution in [0.2, 0.25) is 0 Å². The number of para-hydroxylation sites is 1. The second-order valence-corrected chi connectivity index (χ2v) is 4.14. The number of H-pyrrole nitrogens is 2. The van der Waals surface area contributed by atoms with Gasteiger partial charge in [0, 0.05) is 29.0 Å². The molecule has 0 saturated heterocycles. The minimum absolute atomic E-state index is 1.04. The number of aromatic nitrogens is 3. The van der Waals surface area contributed by atoms with Crippen LogP contribution in [0.5, 0.6) is 0 Å². The number of aryl methyl sites for hydroxylation is 2. The fourth-order valence-corrected chi connectivity index (χ4v) is 1.90. The number of fused-ring (bicyclic) bond motifs is 1. The fourth-order valence-electron chi connectivity index (χ4n) is 1.90. The van der Waals surface area contributed by atoms with Crippen LogP contribution in [0.25, 0.3) is 10.9 Å². The van der Waals surface area contributed by atoms with E-state index in [2.05, 4.69) is 59.3 Å². The number of nitrogens with one attached hydrogen (secondary N) is 2. The van der Waals surface area contributed by atoms with Gasteiger partial charge in [-0.3, -0.25) is 0 Å². The van der Waals surface area contributed by atoms with Gasteiger partial charge in [0.05, 0.1) is 6.33 Å². The van der Waals surface area contributed by atoms with E-state index in [4.69, 9.17) is 0 Å². The quantitative estimate of drug-likeness (QED) is 0.621. The smallest absolute Gasteiger partial charge is 0.0921 e.